The number of ether oxygens (including phenoxy) is 4. The van der Waals surface area contributed by atoms with Crippen molar-refractivity contribution in [3.8, 4) is 46.0 Å². The molecule has 34 nitrogen and oxygen atoms in total. The van der Waals surface area contributed by atoms with E-state index in [1.165, 1.54) is 34.3 Å². The van der Waals surface area contributed by atoms with Gasteiger partial charge in [-0.2, -0.15) is 0 Å². The molecule has 2 aliphatic rings. The van der Waals surface area contributed by atoms with E-state index in [4.69, 9.17) is 87.6 Å². The van der Waals surface area contributed by atoms with Crippen molar-refractivity contribution in [3.05, 3.63) is 297 Å². The van der Waals surface area contributed by atoms with E-state index < -0.39 is 67.6 Å². The number of carbonyl (C=O) groups is 3. The van der Waals surface area contributed by atoms with Crippen LogP contribution in [0.5, 0.6) is 46.0 Å². The molecule has 4 heterocycles. The Bertz CT molecular complexity index is 5730. The number of aldehydes is 3. The third kappa shape index (κ3) is 45.9. The number of thiocarbonyl (C=S) groups is 3. The van der Waals surface area contributed by atoms with E-state index in [2.05, 4.69) is 62.6 Å². The topological polar surface area (TPSA) is 552 Å². The van der Waals surface area contributed by atoms with E-state index in [1.807, 2.05) is 169 Å². The van der Waals surface area contributed by atoms with Gasteiger partial charge in [0.2, 0.25) is 0 Å². The Morgan fingerprint density at radius 1 is 0.333 bits per heavy atom. The number of para-hydroxylation sites is 4. The molecule has 2 aliphatic heterocycles. The quantitative estimate of drug-likeness (QED) is 0.00761. The van der Waals surface area contributed by atoms with Crippen molar-refractivity contribution in [1.29, 1.82) is 0 Å². The van der Waals surface area contributed by atoms with Crippen LogP contribution in [-0.2, 0) is 93.3 Å². The fraction of sp³-hybridized carbons (Fsp3) is 0.275. The third-order valence-corrected chi connectivity index (χ3v) is 24.1. The van der Waals surface area contributed by atoms with Crippen LogP contribution in [0.4, 0.5) is 56.9 Å². The van der Waals surface area contributed by atoms with E-state index in [0.717, 1.165) is 155 Å². The van der Waals surface area contributed by atoms with E-state index >= 15 is 0 Å². The monoisotopic (exact) mass is 2230 g/mol. The maximum Gasteiger partial charge on any atom is 0.174 e. The number of nitrogens with one attached hydrogen (secondary N) is 8. The number of aryl methyl sites for hydroxylation is 4. The van der Waals surface area contributed by atoms with Crippen LogP contribution in [-0.4, -0.2) is 143 Å². The molecule has 6 unspecified atom stereocenters. The average Bonchev–Trinajstić information content (AvgIpc) is 1.78. The maximum absolute atomic E-state index is 11.2. The van der Waals surface area contributed by atoms with Gasteiger partial charge in [-0.15, -0.1) is 0 Å². The summed E-state index contributed by atoms with van der Waals surface area (Å²) < 4.78 is 180. The highest BCUT2D eigenvalue weighted by Gasteiger charge is 2.25. The van der Waals surface area contributed by atoms with E-state index in [-0.39, 0.29) is 33.5 Å². The zero-order valence-electron chi connectivity index (χ0n) is 81.9. The van der Waals surface area contributed by atoms with Gasteiger partial charge in [-0.3, -0.25) is 39.6 Å². The average molecular weight is 2230 g/mol. The molecular formula is C102H122Cl2N10O24S9-6. The van der Waals surface area contributed by atoms with Crippen LogP contribution < -0.4 is 67.7 Å². The van der Waals surface area contributed by atoms with Crippen molar-refractivity contribution in [2.24, 2.45) is 0 Å². The zero-order chi connectivity index (χ0) is 105. The highest BCUT2D eigenvalue weighted by Crippen LogP contribution is 2.46. The summed E-state index contributed by atoms with van der Waals surface area (Å²) in [5.74, 6) is 5.85. The van der Waals surface area contributed by atoms with Crippen LogP contribution in [0.1, 0.15) is 190 Å². The Labute approximate surface area is 899 Å². The number of unbranched alkanes of at least 4 members (excludes halogenated alkanes) is 2. The van der Waals surface area contributed by atoms with Crippen LogP contribution in [0.25, 0.3) is 0 Å². The van der Waals surface area contributed by atoms with E-state index in [1.54, 1.807) is 85.3 Å². The van der Waals surface area contributed by atoms with Crippen molar-refractivity contribution in [1.82, 2.24) is 0 Å². The Balaban J connectivity index is 0.000000447. The Morgan fingerprint density at radius 2 is 0.585 bits per heavy atom. The Kier molecular flexibility index (Phi) is 64.7. The van der Waals surface area contributed by atoms with Gasteiger partial charge < -0.3 is 120 Å². The number of hydrogen-bond donors (Lipinski definition) is 8. The number of rotatable bonds is 44. The zero-order valence-corrected chi connectivity index (χ0v) is 90.8. The smallest absolute Gasteiger partial charge is 0.174 e. The van der Waals surface area contributed by atoms with Crippen LogP contribution in [0, 0.1) is 0 Å². The summed E-state index contributed by atoms with van der Waals surface area (Å²) in [6.45, 7) is 21.1. The number of carbonyl (C=O) groups excluding carboxylic acids is 3. The number of halogens is 2. The van der Waals surface area contributed by atoms with Crippen molar-refractivity contribution in [3.63, 3.8) is 0 Å². The fourth-order valence-electron chi connectivity index (χ4n) is 13.9. The van der Waals surface area contributed by atoms with Gasteiger partial charge in [0.05, 0.1) is 79.4 Å². The first-order chi connectivity index (χ1) is 69.8. The SMILES string of the molecule is CC.CC.CC.CCCCNc1cc(C=O)cc(NS(=O)[O-])c1Oc1ccccc1.CCCCNc1cc(C=S)cc(NS(=O)[O-])c1Oc1ccccc1.O.O.O.O=Cc1cc(CCCc2ccco2)c(Cl)c(NS(=O)[O-])c1.O=Cc1cc(NS(=O)[O-])c(Oc2ccccc2)c(N2CCCC2)c1.O=S([O-])Nc1cc(C=S)cc(CCCc2ccco2)c1Cl.O=S([O-])Nc1cc(C=S)cc(N2CCCC2)c1Oc1ccccc1. The summed E-state index contributed by atoms with van der Waals surface area (Å²) in [5, 5.41) is 11.7. The number of anilines is 10. The summed E-state index contributed by atoms with van der Waals surface area (Å²) in [7, 11) is 0. The molecule has 45 heteroatoms. The predicted octanol–water partition coefficient (Wildman–Crippen LogP) is 22.1. The van der Waals surface area contributed by atoms with Crippen LogP contribution in [0.3, 0.4) is 0 Å². The second kappa shape index (κ2) is 73.5. The molecule has 14 rings (SSSR count). The molecule has 10 aromatic carbocycles. The van der Waals surface area contributed by atoms with Gasteiger partial charge >= 0.3 is 0 Å². The highest BCUT2D eigenvalue weighted by atomic mass is 35.5. The molecule has 6 atom stereocenters. The molecule has 147 heavy (non-hydrogen) atoms. The molecule has 0 bridgehead atoms. The summed E-state index contributed by atoms with van der Waals surface area (Å²) in [5.41, 5.74) is 9.48. The van der Waals surface area contributed by atoms with Crippen molar-refractivity contribution < 1.29 is 111 Å². The molecule has 2 saturated heterocycles. The second-order valence-electron chi connectivity index (χ2n) is 30.0. The number of hydrogen-bond acceptors (Lipinski definition) is 28. The molecule has 0 amide bonds. The molecule has 798 valence electrons. The summed E-state index contributed by atoms with van der Waals surface area (Å²) in [4.78, 5) is 37.6. The van der Waals surface area contributed by atoms with Crippen molar-refractivity contribution >= 4 is 219 Å². The second-order valence-corrected chi connectivity index (χ2v) is 35.5. The Morgan fingerprint density at radius 3 is 0.891 bits per heavy atom. The van der Waals surface area contributed by atoms with Crippen LogP contribution in [0.2, 0.25) is 10.0 Å². The molecule has 14 N–H and O–H groups in total. The predicted molar refractivity (Wildman–Crippen MR) is 600 cm³/mol. The number of benzene rings is 10. The molecule has 2 aromatic heterocycles. The van der Waals surface area contributed by atoms with Gasteiger partial charge in [0.15, 0.2) is 23.0 Å². The highest BCUT2D eigenvalue weighted by molar-refractivity contribution is 7.82. The largest absolute Gasteiger partial charge is 0.755 e. The summed E-state index contributed by atoms with van der Waals surface area (Å²) in [6, 6.07) is 64.1. The van der Waals surface area contributed by atoms with Gasteiger partial charge in [-0.05, 0) is 238 Å². The minimum atomic E-state index is -2.53. The summed E-state index contributed by atoms with van der Waals surface area (Å²) >= 11 is 12.4. The van der Waals surface area contributed by atoms with Gasteiger partial charge in [0.1, 0.15) is 53.4 Å². The first-order valence-electron chi connectivity index (χ1n) is 46.0. The molecule has 0 aliphatic carbocycles. The minimum Gasteiger partial charge on any atom is -0.755 e. The van der Waals surface area contributed by atoms with E-state index in [0.29, 0.717) is 145 Å². The lowest BCUT2D eigenvalue weighted by molar-refractivity contribution is 0.111. The number of furan rings is 2. The molecule has 12 aromatic rings. The lowest BCUT2D eigenvalue weighted by atomic mass is 10.0. The molecule has 0 radical (unpaired) electrons. The van der Waals surface area contributed by atoms with E-state index in [9.17, 15) is 67.0 Å². The maximum atomic E-state index is 11.2. The van der Waals surface area contributed by atoms with Gasteiger partial charge in [-0.1, -0.05) is 201 Å². The van der Waals surface area contributed by atoms with Gasteiger partial charge in [-0.25, -0.2) is 0 Å². The first kappa shape index (κ1) is 130. The molecule has 0 saturated carbocycles. The minimum absolute atomic E-state index is 0. The standard InChI is InChI=1S/C17H18N2O4S.C17H20N2O4S.C17H18N2O3S2.C17H20N2O3S2.C14H14ClNO4S.C14H14ClNO3S2.3C2H6.3H2O/c20-12-13-10-15(18-24(21)22)17(23-14-6-2-1-3-7-14)16(11-13)19-8-4-5-9-19;1-2-3-9-18-15-10-13(12-20)11-16(19-24(21)22)17(15)23-14-7-5-4-6-8-14;20-24(21)18-15-10-13(12-23)11-16(19-8-4-5-9-19)17(15)22-14-6-2-1-3-7-14;1-2-3-9-18-15-10-13(12-23)11-16(19-24(20)21)17(15)22-14-7-5-4-6-8-14;15-14-11(3-1-4-12-5-2-6-20-12)7-10(9-17)8-13(14)16-21(18)19;15-14-11(3-1-4-12-5-2-6-19-12)7-10(9-20)8-13(14)16-21(17)18;3*1-2;;;/h1-3,6-7,10-12,18H,4-5,8-9H2,(H,21,22);4-8,10-12,18-19H,2-3,9H2,1H3,(H,21,22);1-3,6-7,10-12,18H,4-5,8-9H2,(H,20,21);4-8,10-12,18-19H,2-3,9H2,1H3,(H,20,21);2,5-9,16H,1,3-4H2,(H,18,19);2,5-9,16H,1,3-4H2,(H,17,18);3*1-2H3;3*1H2/p-6. The third-order valence-electron chi connectivity index (χ3n) is 20.1. The first-order valence-corrected chi connectivity index (χ1v) is 54.6. The van der Waals surface area contributed by atoms with Crippen LogP contribution in [0.15, 0.2) is 240 Å². The summed E-state index contributed by atoms with van der Waals surface area (Å²) in [6.07, 6.45) is 18.0. The molecular weight excluding hydrogens is 2110 g/mol. The fourth-order valence-corrected chi connectivity index (χ4v) is 16.9. The van der Waals surface area contributed by atoms with Crippen molar-refractivity contribution in [2.75, 3.05) is 88.0 Å². The number of nitrogens with zero attached hydrogens (tertiary/aromatic N) is 2. The van der Waals surface area contributed by atoms with Crippen molar-refractivity contribution in [2.45, 2.75) is 145 Å². The lowest BCUT2D eigenvalue weighted by Gasteiger charge is -2.25. The Hall–Kier alpha value is -11.6. The van der Waals surface area contributed by atoms with Gasteiger partial charge in [0.25, 0.3) is 0 Å². The molecule has 2 fully saturated rings. The molecule has 0 spiro atoms. The normalized spacial score (nSPS) is 12.3. The van der Waals surface area contributed by atoms with Crippen LogP contribution >= 0.6 is 59.9 Å². The van der Waals surface area contributed by atoms with Gasteiger partial charge in [0, 0.05) is 153 Å². The lowest BCUT2D eigenvalue weighted by Crippen LogP contribution is -2.19.